The van der Waals surface area contributed by atoms with Gasteiger partial charge >= 0.3 is 0 Å². The molecular weight excluding hydrogens is 268 g/mol. The van der Waals surface area contributed by atoms with E-state index in [-0.39, 0.29) is 0 Å². The smallest absolute Gasteiger partial charge is 0.123 e. The third-order valence-electron chi connectivity index (χ3n) is 2.41. The van der Waals surface area contributed by atoms with Crippen LogP contribution in [-0.4, -0.2) is 14.8 Å². The second kappa shape index (κ2) is 4.65. The fourth-order valence-corrected chi connectivity index (χ4v) is 2.07. The van der Waals surface area contributed by atoms with Crippen molar-refractivity contribution in [3.8, 4) is 0 Å². The fourth-order valence-electron chi connectivity index (χ4n) is 1.63. The lowest BCUT2D eigenvalue weighted by Gasteiger charge is -2.06. The average Bonchev–Trinajstić information content (AvgIpc) is 2.60. The van der Waals surface area contributed by atoms with E-state index in [4.69, 9.17) is 5.73 Å². The molecule has 4 nitrogen and oxygen atoms in total. The van der Waals surface area contributed by atoms with Gasteiger partial charge in [0.2, 0.25) is 0 Å². The van der Waals surface area contributed by atoms with Crippen LogP contribution in [0.2, 0.25) is 0 Å². The molecule has 0 aromatic carbocycles. The minimum atomic E-state index is 0.552. The highest BCUT2D eigenvalue weighted by Crippen LogP contribution is 2.20. The van der Waals surface area contributed by atoms with Crippen LogP contribution in [0.4, 0.5) is 5.82 Å². The molecule has 0 aliphatic carbocycles. The molecule has 2 rings (SSSR count). The topological polar surface area (TPSA) is 56.7 Å². The maximum absolute atomic E-state index is 5.65. The van der Waals surface area contributed by atoms with Gasteiger partial charge in [0, 0.05) is 19.2 Å². The van der Waals surface area contributed by atoms with Crippen LogP contribution in [0.1, 0.15) is 18.2 Å². The van der Waals surface area contributed by atoms with Gasteiger partial charge in [0.1, 0.15) is 5.82 Å². The Morgan fingerprint density at radius 2 is 2.31 bits per heavy atom. The second-order valence-corrected chi connectivity index (χ2v) is 4.38. The first-order valence-corrected chi connectivity index (χ1v) is 5.90. The summed E-state index contributed by atoms with van der Waals surface area (Å²) in [5, 5.41) is 4.28. The fraction of sp³-hybridized carbons (Fsp3) is 0.273. The molecule has 0 atom stereocenters. The lowest BCUT2D eigenvalue weighted by atomic mass is 10.1. The van der Waals surface area contributed by atoms with Crippen LogP contribution in [0, 0.1) is 0 Å². The van der Waals surface area contributed by atoms with Crippen molar-refractivity contribution in [2.75, 3.05) is 5.73 Å². The summed E-state index contributed by atoms with van der Waals surface area (Å²) in [6, 6.07) is 3.86. The van der Waals surface area contributed by atoms with Gasteiger partial charge in [0.05, 0.1) is 16.4 Å². The number of nitrogens with zero attached hydrogens (tertiary/aromatic N) is 3. The van der Waals surface area contributed by atoms with Gasteiger partial charge in [0.15, 0.2) is 0 Å². The number of pyridine rings is 1. The molecule has 0 spiro atoms. The van der Waals surface area contributed by atoms with E-state index in [9.17, 15) is 0 Å². The summed E-state index contributed by atoms with van der Waals surface area (Å²) >= 11 is 3.50. The summed E-state index contributed by atoms with van der Waals surface area (Å²) in [6.45, 7) is 2.94. The minimum absolute atomic E-state index is 0.552. The van der Waals surface area contributed by atoms with Crippen LogP contribution in [0.3, 0.4) is 0 Å². The van der Waals surface area contributed by atoms with Gasteiger partial charge in [-0.2, -0.15) is 5.10 Å². The molecule has 5 heteroatoms. The molecule has 84 valence electrons. The first kappa shape index (κ1) is 11.1. The summed E-state index contributed by atoms with van der Waals surface area (Å²) < 4.78 is 3.01. The Hall–Kier alpha value is -1.36. The first-order valence-electron chi connectivity index (χ1n) is 5.11. The largest absolute Gasteiger partial charge is 0.384 e. The lowest BCUT2D eigenvalue weighted by Crippen LogP contribution is -2.04. The predicted molar refractivity (Wildman–Crippen MR) is 67.1 cm³/mol. The summed E-state index contributed by atoms with van der Waals surface area (Å²) in [6.07, 6.45) is 4.36. The molecule has 2 N–H and O–H groups in total. The highest BCUT2D eigenvalue weighted by atomic mass is 79.9. The molecule has 2 heterocycles. The van der Waals surface area contributed by atoms with Crippen LogP contribution in [0.25, 0.3) is 0 Å². The third-order valence-corrected chi connectivity index (χ3v) is 3.08. The van der Waals surface area contributed by atoms with E-state index in [2.05, 4.69) is 32.9 Å². The lowest BCUT2D eigenvalue weighted by molar-refractivity contribution is 0.629. The summed E-state index contributed by atoms with van der Waals surface area (Å²) in [4.78, 5) is 3.98. The summed E-state index contributed by atoms with van der Waals surface area (Å²) in [5.41, 5.74) is 7.95. The minimum Gasteiger partial charge on any atom is -0.384 e. The van der Waals surface area contributed by atoms with Gasteiger partial charge in [-0.05, 0) is 40.5 Å². The highest BCUT2D eigenvalue weighted by Gasteiger charge is 2.08. The number of aromatic nitrogens is 3. The summed E-state index contributed by atoms with van der Waals surface area (Å²) in [5.74, 6) is 0.552. The van der Waals surface area contributed by atoms with Crippen molar-refractivity contribution in [2.24, 2.45) is 0 Å². The van der Waals surface area contributed by atoms with Crippen molar-refractivity contribution < 1.29 is 0 Å². The average molecular weight is 281 g/mol. The number of nitrogens with two attached hydrogens (primary N) is 1. The zero-order valence-corrected chi connectivity index (χ0v) is 10.6. The third kappa shape index (κ3) is 2.24. The molecule has 0 amide bonds. The van der Waals surface area contributed by atoms with E-state index in [0.717, 1.165) is 28.7 Å². The van der Waals surface area contributed by atoms with Crippen LogP contribution < -0.4 is 5.73 Å². The molecule has 0 unspecified atom stereocenters. The maximum Gasteiger partial charge on any atom is 0.123 e. The Bertz CT molecular complexity index is 492. The highest BCUT2D eigenvalue weighted by molar-refractivity contribution is 9.10. The van der Waals surface area contributed by atoms with E-state index in [0.29, 0.717) is 5.82 Å². The van der Waals surface area contributed by atoms with E-state index < -0.39 is 0 Å². The Balaban J connectivity index is 2.29. The van der Waals surface area contributed by atoms with E-state index in [1.807, 2.05) is 23.0 Å². The van der Waals surface area contributed by atoms with Crippen molar-refractivity contribution in [2.45, 2.75) is 19.9 Å². The van der Waals surface area contributed by atoms with Crippen molar-refractivity contribution >= 4 is 21.7 Å². The van der Waals surface area contributed by atoms with Gasteiger partial charge < -0.3 is 5.73 Å². The monoisotopic (exact) mass is 280 g/mol. The van der Waals surface area contributed by atoms with Crippen molar-refractivity contribution in [3.63, 3.8) is 0 Å². The number of nitrogen functional groups attached to an aromatic ring is 1. The zero-order chi connectivity index (χ0) is 11.5. The molecule has 2 aromatic heterocycles. The molecule has 2 aromatic rings. The van der Waals surface area contributed by atoms with Crippen LogP contribution in [-0.2, 0) is 13.0 Å². The van der Waals surface area contributed by atoms with Crippen molar-refractivity contribution in [1.82, 2.24) is 14.8 Å². The molecule has 0 saturated heterocycles. The molecule has 0 fully saturated rings. The van der Waals surface area contributed by atoms with Crippen LogP contribution >= 0.6 is 15.9 Å². The molecule has 16 heavy (non-hydrogen) atoms. The predicted octanol–water partition coefficient (Wildman–Crippen LogP) is 2.23. The SMILES string of the molecule is CCn1ncc(Br)c1Cc1ccnc(N)c1. The normalized spacial score (nSPS) is 10.6. The van der Waals surface area contributed by atoms with Gasteiger partial charge in [-0.3, -0.25) is 4.68 Å². The number of hydrogen-bond acceptors (Lipinski definition) is 3. The number of halogens is 1. The van der Waals surface area contributed by atoms with Crippen molar-refractivity contribution in [3.05, 3.63) is 40.3 Å². The van der Waals surface area contributed by atoms with E-state index in [1.165, 1.54) is 0 Å². The van der Waals surface area contributed by atoms with Crippen LogP contribution in [0.5, 0.6) is 0 Å². The number of anilines is 1. The number of rotatable bonds is 3. The van der Waals surface area contributed by atoms with E-state index >= 15 is 0 Å². The Labute approximate surface area is 103 Å². The molecule has 0 aliphatic rings. The molecule has 0 radical (unpaired) electrons. The Morgan fingerprint density at radius 1 is 1.50 bits per heavy atom. The van der Waals surface area contributed by atoms with E-state index in [1.54, 1.807) is 6.20 Å². The second-order valence-electron chi connectivity index (χ2n) is 3.52. The standard InChI is InChI=1S/C11H13BrN4/c1-2-16-10(9(12)7-15-16)5-8-3-4-14-11(13)6-8/h3-4,6-7H,2,5H2,1H3,(H2,13,14). The Morgan fingerprint density at radius 3 is 3.00 bits per heavy atom. The first-order chi connectivity index (χ1) is 7.70. The van der Waals surface area contributed by atoms with Gasteiger partial charge in [-0.1, -0.05) is 0 Å². The molecule has 0 saturated carbocycles. The molecule has 0 aliphatic heterocycles. The van der Waals surface area contributed by atoms with Crippen LogP contribution in [0.15, 0.2) is 29.0 Å². The maximum atomic E-state index is 5.65. The number of hydrogen-bond donors (Lipinski definition) is 1. The zero-order valence-electron chi connectivity index (χ0n) is 9.02. The van der Waals surface area contributed by atoms with Gasteiger partial charge in [-0.15, -0.1) is 0 Å². The van der Waals surface area contributed by atoms with Crippen molar-refractivity contribution in [1.29, 1.82) is 0 Å². The molecule has 0 bridgehead atoms. The summed E-state index contributed by atoms with van der Waals surface area (Å²) in [7, 11) is 0. The van der Waals surface area contributed by atoms with Gasteiger partial charge in [-0.25, -0.2) is 4.98 Å². The number of aryl methyl sites for hydroxylation is 1. The van der Waals surface area contributed by atoms with Gasteiger partial charge in [0.25, 0.3) is 0 Å². The molecular formula is C11H13BrN4. The quantitative estimate of drug-likeness (QED) is 0.938. The Kier molecular flexibility index (Phi) is 3.24.